The summed E-state index contributed by atoms with van der Waals surface area (Å²) in [6.07, 6.45) is 8.82. The quantitative estimate of drug-likeness (QED) is 0.375. The van der Waals surface area contributed by atoms with Gasteiger partial charge in [0.1, 0.15) is 5.60 Å². The SMILES string of the molecule is C#C[C@@]1(O)[C@H](C)C[C@@H]2C([C@@H]1[C@H](O[Si](C)(C)C(C)(C)C)[C@H](C)C=C=C)C2(C)C. The van der Waals surface area contributed by atoms with Crippen LogP contribution < -0.4 is 0 Å². The van der Waals surface area contributed by atoms with Gasteiger partial charge in [-0.2, -0.15) is 0 Å². The molecule has 3 heteroatoms. The third-order valence-electron chi connectivity index (χ3n) is 8.11. The Morgan fingerprint density at radius 2 is 1.89 bits per heavy atom. The lowest BCUT2D eigenvalue weighted by Crippen LogP contribution is -2.57. The van der Waals surface area contributed by atoms with Crippen LogP contribution in [0, 0.1) is 47.3 Å². The van der Waals surface area contributed by atoms with Gasteiger partial charge in [-0.05, 0) is 53.8 Å². The fraction of sp³-hybridized carbons (Fsp3) is 0.792. The second-order valence-corrected chi connectivity index (χ2v) is 15.9. The van der Waals surface area contributed by atoms with Crippen molar-refractivity contribution in [3.63, 3.8) is 0 Å². The average Bonchev–Trinajstić information content (AvgIpc) is 3.06. The number of terminal acetylenes is 1. The maximum Gasteiger partial charge on any atom is 0.192 e. The van der Waals surface area contributed by atoms with E-state index in [-0.39, 0.29) is 34.3 Å². The minimum Gasteiger partial charge on any atom is -0.413 e. The summed E-state index contributed by atoms with van der Waals surface area (Å²) in [5, 5.41) is 11.8. The van der Waals surface area contributed by atoms with Crippen LogP contribution in [0.2, 0.25) is 18.1 Å². The van der Waals surface area contributed by atoms with E-state index in [1.807, 2.05) is 6.08 Å². The molecule has 2 nitrogen and oxygen atoms in total. The van der Waals surface area contributed by atoms with Crippen LogP contribution in [0.1, 0.15) is 54.9 Å². The van der Waals surface area contributed by atoms with Crippen molar-refractivity contribution in [2.75, 3.05) is 0 Å². The minimum absolute atomic E-state index is 0.0695. The van der Waals surface area contributed by atoms with Gasteiger partial charge in [0.2, 0.25) is 0 Å². The Bertz CT molecular complexity index is 659. The molecule has 152 valence electrons. The van der Waals surface area contributed by atoms with Gasteiger partial charge in [0.15, 0.2) is 8.32 Å². The van der Waals surface area contributed by atoms with E-state index >= 15 is 0 Å². The predicted molar refractivity (Wildman–Crippen MR) is 117 cm³/mol. The fourth-order valence-electron chi connectivity index (χ4n) is 5.11. The van der Waals surface area contributed by atoms with Crippen molar-refractivity contribution >= 4 is 8.32 Å². The molecule has 2 fully saturated rings. The molecule has 0 aromatic heterocycles. The van der Waals surface area contributed by atoms with Crippen molar-refractivity contribution in [3.8, 4) is 12.3 Å². The molecule has 1 N–H and O–H groups in total. The molecule has 0 heterocycles. The van der Waals surface area contributed by atoms with E-state index in [2.05, 4.69) is 79.8 Å². The largest absolute Gasteiger partial charge is 0.413 e. The molecule has 0 bridgehead atoms. The van der Waals surface area contributed by atoms with Crippen LogP contribution >= 0.6 is 0 Å². The Hall–Kier alpha value is -0.783. The van der Waals surface area contributed by atoms with Crippen LogP contribution in [-0.4, -0.2) is 25.1 Å². The summed E-state index contributed by atoms with van der Waals surface area (Å²) in [5.41, 5.74) is 2.01. The summed E-state index contributed by atoms with van der Waals surface area (Å²) in [6.45, 7) is 24.0. The van der Waals surface area contributed by atoms with Gasteiger partial charge in [-0.15, -0.1) is 12.2 Å². The van der Waals surface area contributed by atoms with Crippen molar-refractivity contribution in [3.05, 3.63) is 18.4 Å². The molecule has 0 saturated heterocycles. The van der Waals surface area contributed by atoms with Gasteiger partial charge in [0.05, 0.1) is 6.10 Å². The lowest BCUT2D eigenvalue weighted by molar-refractivity contribution is -0.0994. The summed E-state index contributed by atoms with van der Waals surface area (Å²) in [6, 6.07) is 0. The third kappa shape index (κ3) is 3.63. The summed E-state index contributed by atoms with van der Waals surface area (Å²) in [5.74, 6) is 3.92. The highest BCUT2D eigenvalue weighted by atomic mass is 28.4. The van der Waals surface area contributed by atoms with Gasteiger partial charge in [-0.3, -0.25) is 0 Å². The molecule has 1 unspecified atom stereocenters. The smallest absolute Gasteiger partial charge is 0.192 e. The Kier molecular flexibility index (Phi) is 5.77. The van der Waals surface area contributed by atoms with E-state index in [9.17, 15) is 5.11 Å². The molecule has 7 atom stereocenters. The molecule has 2 aliphatic carbocycles. The van der Waals surface area contributed by atoms with E-state index in [0.29, 0.717) is 11.8 Å². The molecule has 2 aliphatic rings. The second kappa shape index (κ2) is 6.92. The molecular formula is C24H40O2Si. The van der Waals surface area contributed by atoms with Gasteiger partial charge < -0.3 is 9.53 Å². The molecule has 2 saturated carbocycles. The highest BCUT2D eigenvalue weighted by Gasteiger charge is 2.71. The number of fused-ring (bicyclic) bond motifs is 1. The van der Waals surface area contributed by atoms with E-state index < -0.39 is 13.9 Å². The van der Waals surface area contributed by atoms with Gasteiger partial charge in [-0.25, -0.2) is 0 Å². The molecule has 0 spiro atoms. The highest BCUT2D eigenvalue weighted by Crippen LogP contribution is 2.71. The molecule has 2 rings (SSSR count). The fourth-order valence-corrected chi connectivity index (χ4v) is 6.51. The third-order valence-corrected chi connectivity index (χ3v) is 12.6. The zero-order valence-electron chi connectivity index (χ0n) is 18.9. The van der Waals surface area contributed by atoms with Crippen molar-refractivity contribution in [2.45, 2.75) is 84.7 Å². The molecule has 27 heavy (non-hydrogen) atoms. The number of aliphatic hydroxyl groups is 1. The molecule has 0 radical (unpaired) electrons. The topological polar surface area (TPSA) is 29.5 Å². The predicted octanol–water partition coefficient (Wildman–Crippen LogP) is 5.65. The van der Waals surface area contributed by atoms with Gasteiger partial charge in [0, 0.05) is 11.8 Å². The maximum atomic E-state index is 11.7. The highest BCUT2D eigenvalue weighted by molar-refractivity contribution is 6.74. The van der Waals surface area contributed by atoms with Gasteiger partial charge in [-0.1, -0.05) is 61.0 Å². The van der Waals surface area contributed by atoms with Crippen LogP contribution in [0.25, 0.3) is 0 Å². The second-order valence-electron chi connectivity index (χ2n) is 11.2. The van der Waals surface area contributed by atoms with E-state index in [1.165, 1.54) is 0 Å². The van der Waals surface area contributed by atoms with Gasteiger partial charge in [0.25, 0.3) is 0 Å². The summed E-state index contributed by atoms with van der Waals surface area (Å²) >= 11 is 0. The van der Waals surface area contributed by atoms with Crippen molar-refractivity contribution < 1.29 is 9.53 Å². The summed E-state index contributed by atoms with van der Waals surface area (Å²) in [4.78, 5) is 0. The monoisotopic (exact) mass is 388 g/mol. The lowest BCUT2D eigenvalue weighted by atomic mass is 9.65. The van der Waals surface area contributed by atoms with Gasteiger partial charge >= 0.3 is 0 Å². The van der Waals surface area contributed by atoms with Crippen LogP contribution in [0.3, 0.4) is 0 Å². The first kappa shape index (κ1) is 22.5. The Labute approximate surface area is 168 Å². The lowest BCUT2D eigenvalue weighted by Gasteiger charge is -2.49. The van der Waals surface area contributed by atoms with Crippen LogP contribution in [0.4, 0.5) is 0 Å². The minimum atomic E-state index is -2.05. The summed E-state index contributed by atoms with van der Waals surface area (Å²) < 4.78 is 6.98. The molecule has 0 amide bonds. The van der Waals surface area contributed by atoms with Crippen molar-refractivity contribution in [1.82, 2.24) is 0 Å². The average molecular weight is 389 g/mol. The van der Waals surface area contributed by atoms with E-state index in [1.54, 1.807) is 0 Å². The number of rotatable bonds is 5. The Morgan fingerprint density at radius 1 is 1.33 bits per heavy atom. The first-order valence-electron chi connectivity index (χ1n) is 10.4. The first-order chi connectivity index (χ1) is 12.1. The molecule has 0 aromatic rings. The van der Waals surface area contributed by atoms with Crippen LogP contribution in [0.15, 0.2) is 18.4 Å². The standard InChI is InChI=1S/C24H40O2Si/c1-12-14-16(3)21(26-27(10,11)22(5,6)7)20-19-18(23(19,8)9)15-17(4)24(20,25)13-2/h2,14,16-21,25H,1,15H2,3-11H3/t16-,17-,18-,19?,20-,21-,24-/m1/s1. The van der Waals surface area contributed by atoms with Crippen molar-refractivity contribution in [1.29, 1.82) is 0 Å². The van der Waals surface area contributed by atoms with Crippen LogP contribution in [0.5, 0.6) is 0 Å². The van der Waals surface area contributed by atoms with E-state index in [4.69, 9.17) is 10.8 Å². The maximum absolute atomic E-state index is 11.7. The normalized spacial score (nSPS) is 37.4. The number of hydrogen-bond donors (Lipinski definition) is 1. The van der Waals surface area contributed by atoms with Crippen LogP contribution in [-0.2, 0) is 4.43 Å². The molecule has 0 aliphatic heterocycles. The molecular weight excluding hydrogens is 348 g/mol. The number of hydrogen-bond acceptors (Lipinski definition) is 2. The molecule has 0 aromatic carbocycles. The zero-order chi connectivity index (χ0) is 21.0. The summed E-state index contributed by atoms with van der Waals surface area (Å²) in [7, 11) is -2.05. The Balaban J connectivity index is 2.55. The Morgan fingerprint density at radius 3 is 2.33 bits per heavy atom. The van der Waals surface area contributed by atoms with Crippen molar-refractivity contribution in [2.24, 2.45) is 35.0 Å². The van der Waals surface area contributed by atoms with E-state index in [0.717, 1.165) is 6.42 Å². The first-order valence-corrected chi connectivity index (χ1v) is 13.3. The zero-order valence-corrected chi connectivity index (χ0v) is 19.9.